The lowest BCUT2D eigenvalue weighted by molar-refractivity contribution is -0.247. The maximum atomic E-state index is 15.5. The number of carbonyl (C=O) groups excluding carboxylic acids is 2. The van der Waals surface area contributed by atoms with Crippen LogP contribution in [0.1, 0.15) is 171 Å². The van der Waals surface area contributed by atoms with Crippen LogP contribution in [0, 0.1) is 62.1 Å². The molecule has 0 aromatic carbocycles. The van der Waals surface area contributed by atoms with E-state index in [2.05, 4.69) is 48.1 Å². The number of carbonyl (C=O) groups is 3. The third kappa shape index (κ3) is 6.76. The molecule has 5 rings (SSSR count). The standard InChI is InChI=1S/C45H76N2O5/c1-10-41(6,29-37(50)51)28-36(49)47(27-15-13-11-12-14-26-46)39(52)45-23-18-31(30(2)3)38(45)32-16-17-34-42(7)21-20-35(48)40(4,5)33(42)19-22-44(34,9)43(32,8)24-25-45/h31-35,38,48H,2,10-29,46H2,1,3-9H3,(H,50,51)/t31-,32+,33-,34?,35-,38+,41?,42-,43+,44+,45-/m0/s1. The van der Waals surface area contributed by atoms with Gasteiger partial charge >= 0.3 is 5.97 Å². The maximum Gasteiger partial charge on any atom is 0.303 e. The SMILES string of the molecule is C=C(C)[C@@H]1CC[C@]2(C(=O)N(CCCCCCCN)C(=O)CC(C)(CC)CC(=O)O)CC[C@]3(C)[C@H](CCC4[C@@]5(C)CC[C@H](O)C(C)(C)[C@@H]5CC[C@]43C)[C@@H]12. The molecule has 11 atom stereocenters. The van der Waals surface area contributed by atoms with Crippen molar-refractivity contribution in [2.45, 2.75) is 177 Å². The summed E-state index contributed by atoms with van der Waals surface area (Å²) in [6, 6.07) is 0. The summed E-state index contributed by atoms with van der Waals surface area (Å²) >= 11 is 0. The first kappa shape index (κ1) is 41.4. The Morgan fingerprint density at radius 3 is 2.13 bits per heavy atom. The highest BCUT2D eigenvalue weighted by Crippen LogP contribution is 2.77. The number of carboxylic acid groups (broad SMARTS) is 1. The maximum absolute atomic E-state index is 15.5. The lowest BCUT2D eigenvalue weighted by atomic mass is 9.32. The van der Waals surface area contributed by atoms with Crippen LogP contribution in [-0.4, -0.2) is 52.1 Å². The fourth-order valence-corrected chi connectivity index (χ4v) is 14.2. The average Bonchev–Trinajstić information content (AvgIpc) is 3.47. The highest BCUT2D eigenvalue weighted by atomic mass is 16.4. The molecule has 0 spiro atoms. The molecule has 7 nitrogen and oxygen atoms in total. The predicted octanol–water partition coefficient (Wildman–Crippen LogP) is 9.55. The van der Waals surface area contributed by atoms with Crippen molar-refractivity contribution in [3.63, 3.8) is 0 Å². The summed E-state index contributed by atoms with van der Waals surface area (Å²) in [6.07, 6.45) is 15.2. The average molecular weight is 725 g/mol. The highest BCUT2D eigenvalue weighted by Gasteiger charge is 2.72. The van der Waals surface area contributed by atoms with Gasteiger partial charge in [-0.3, -0.25) is 19.3 Å². The lowest BCUT2D eigenvalue weighted by Crippen LogP contribution is -2.67. The van der Waals surface area contributed by atoms with Gasteiger partial charge in [-0.25, -0.2) is 0 Å². The summed E-state index contributed by atoms with van der Waals surface area (Å²) in [7, 11) is 0. The summed E-state index contributed by atoms with van der Waals surface area (Å²) < 4.78 is 0. The van der Waals surface area contributed by atoms with E-state index in [4.69, 9.17) is 5.73 Å². The molecule has 7 heteroatoms. The number of allylic oxidation sites excluding steroid dienone is 1. The summed E-state index contributed by atoms with van der Waals surface area (Å²) in [5, 5.41) is 20.9. The smallest absolute Gasteiger partial charge is 0.303 e. The van der Waals surface area contributed by atoms with Crippen LogP contribution >= 0.6 is 0 Å². The van der Waals surface area contributed by atoms with Crippen LogP contribution in [0.5, 0.6) is 0 Å². The summed E-state index contributed by atoms with van der Waals surface area (Å²) in [5.41, 5.74) is 5.91. The molecular weight excluding hydrogens is 649 g/mol. The summed E-state index contributed by atoms with van der Waals surface area (Å²) in [6.45, 7) is 24.0. The van der Waals surface area contributed by atoms with Crippen LogP contribution in [0.15, 0.2) is 12.2 Å². The number of carboxylic acids is 1. The van der Waals surface area contributed by atoms with Crippen LogP contribution in [0.3, 0.4) is 0 Å². The number of amides is 2. The second-order valence-corrected chi connectivity index (χ2v) is 20.5. The van der Waals surface area contributed by atoms with Gasteiger partial charge in [0.05, 0.1) is 17.9 Å². The van der Waals surface area contributed by atoms with Crippen LogP contribution in [-0.2, 0) is 14.4 Å². The molecule has 52 heavy (non-hydrogen) atoms. The number of hydrogen-bond acceptors (Lipinski definition) is 5. The number of nitrogens with zero attached hydrogens (tertiary/aromatic N) is 1. The summed E-state index contributed by atoms with van der Waals surface area (Å²) in [5.74, 6) is 0.797. The number of aliphatic hydroxyl groups excluding tert-OH is 1. The van der Waals surface area contributed by atoms with Crippen molar-refractivity contribution in [3.8, 4) is 0 Å². The van der Waals surface area contributed by atoms with Crippen molar-refractivity contribution in [3.05, 3.63) is 12.2 Å². The Hall–Kier alpha value is -1.73. The molecule has 5 aliphatic rings. The number of aliphatic hydroxyl groups is 1. The van der Waals surface area contributed by atoms with Gasteiger partial charge in [0.25, 0.3) is 0 Å². The number of unbranched alkanes of at least 4 members (excludes halogenated alkanes) is 4. The Labute approximate surface area is 316 Å². The Balaban J connectivity index is 1.49. The van der Waals surface area contributed by atoms with Crippen molar-refractivity contribution in [1.82, 2.24) is 4.90 Å². The molecule has 0 radical (unpaired) electrons. The quantitative estimate of drug-likeness (QED) is 0.121. The number of nitrogens with two attached hydrogens (primary N) is 1. The zero-order valence-corrected chi connectivity index (χ0v) is 34.5. The van der Waals surface area contributed by atoms with E-state index < -0.39 is 16.8 Å². The van der Waals surface area contributed by atoms with E-state index in [9.17, 15) is 19.8 Å². The van der Waals surface area contributed by atoms with E-state index >= 15 is 4.79 Å². The third-order valence-corrected chi connectivity index (χ3v) is 17.6. The van der Waals surface area contributed by atoms with Crippen LogP contribution in [0.4, 0.5) is 0 Å². The monoisotopic (exact) mass is 725 g/mol. The second-order valence-electron chi connectivity index (χ2n) is 20.5. The molecule has 5 saturated carbocycles. The number of fused-ring (bicyclic) bond motifs is 7. The Morgan fingerprint density at radius 1 is 0.827 bits per heavy atom. The number of rotatable bonds is 14. The van der Waals surface area contributed by atoms with Gasteiger partial charge in [0.15, 0.2) is 0 Å². The van der Waals surface area contributed by atoms with Gasteiger partial charge in [-0.15, -0.1) is 0 Å². The molecule has 0 saturated heterocycles. The largest absolute Gasteiger partial charge is 0.481 e. The predicted molar refractivity (Wildman–Crippen MR) is 209 cm³/mol. The fraction of sp³-hybridized carbons (Fsp3) is 0.889. The number of aliphatic carboxylic acids is 1. The normalized spacial score (nSPS) is 40.3. The first-order chi connectivity index (χ1) is 24.3. The van der Waals surface area contributed by atoms with E-state index in [1.807, 2.05) is 13.8 Å². The van der Waals surface area contributed by atoms with Crippen LogP contribution in [0.2, 0.25) is 0 Å². The minimum Gasteiger partial charge on any atom is -0.481 e. The zero-order chi connectivity index (χ0) is 38.5. The molecule has 296 valence electrons. The Kier molecular flexibility index (Phi) is 12.0. The number of imide groups is 1. The van der Waals surface area contributed by atoms with Crippen molar-refractivity contribution in [2.24, 2.45) is 67.8 Å². The first-order valence-electron chi connectivity index (χ1n) is 21.4. The van der Waals surface area contributed by atoms with Gasteiger partial charge in [-0.1, -0.05) is 79.9 Å². The van der Waals surface area contributed by atoms with Crippen molar-refractivity contribution in [2.75, 3.05) is 13.1 Å². The van der Waals surface area contributed by atoms with Gasteiger partial charge in [-0.05, 0) is 154 Å². The van der Waals surface area contributed by atoms with Gasteiger partial charge in [0.2, 0.25) is 11.8 Å². The van der Waals surface area contributed by atoms with Crippen molar-refractivity contribution < 1.29 is 24.6 Å². The molecule has 0 bridgehead atoms. The lowest BCUT2D eigenvalue weighted by Gasteiger charge is -2.72. The molecule has 0 aliphatic heterocycles. The van der Waals surface area contributed by atoms with E-state index in [1.54, 1.807) is 4.90 Å². The minimum absolute atomic E-state index is 0.0231. The molecule has 5 fully saturated rings. The van der Waals surface area contributed by atoms with E-state index in [1.165, 1.54) is 12.0 Å². The first-order valence-corrected chi connectivity index (χ1v) is 21.4. The Bertz CT molecular complexity index is 1360. The zero-order valence-electron chi connectivity index (χ0n) is 34.5. The van der Waals surface area contributed by atoms with E-state index in [-0.39, 0.29) is 64.3 Å². The molecule has 0 aromatic heterocycles. The molecule has 0 heterocycles. The van der Waals surface area contributed by atoms with Gasteiger partial charge in [-0.2, -0.15) is 0 Å². The van der Waals surface area contributed by atoms with E-state index in [0.29, 0.717) is 37.3 Å². The summed E-state index contributed by atoms with van der Waals surface area (Å²) in [4.78, 5) is 43.4. The Morgan fingerprint density at radius 2 is 1.50 bits per heavy atom. The minimum atomic E-state index is -0.903. The third-order valence-electron chi connectivity index (χ3n) is 17.6. The van der Waals surface area contributed by atoms with Gasteiger partial charge < -0.3 is 15.9 Å². The molecule has 0 aromatic rings. The van der Waals surface area contributed by atoms with Gasteiger partial charge in [0.1, 0.15) is 0 Å². The molecule has 5 aliphatic carbocycles. The second kappa shape index (κ2) is 15.1. The highest BCUT2D eigenvalue weighted by molar-refractivity contribution is 5.99. The topological polar surface area (TPSA) is 121 Å². The molecule has 2 unspecified atom stereocenters. The van der Waals surface area contributed by atoms with Crippen molar-refractivity contribution >= 4 is 17.8 Å². The van der Waals surface area contributed by atoms with E-state index in [0.717, 1.165) is 89.9 Å². The molecular formula is C45H76N2O5. The molecule has 4 N–H and O–H groups in total. The fourth-order valence-electron chi connectivity index (χ4n) is 14.2. The van der Waals surface area contributed by atoms with Crippen LogP contribution in [0.25, 0.3) is 0 Å². The van der Waals surface area contributed by atoms with Crippen molar-refractivity contribution in [1.29, 1.82) is 0 Å². The van der Waals surface area contributed by atoms with Gasteiger partial charge in [0, 0.05) is 13.0 Å². The number of hydrogen-bond donors (Lipinski definition) is 3. The molecule has 2 amide bonds. The van der Waals surface area contributed by atoms with Crippen LogP contribution < -0.4 is 5.73 Å².